The normalized spacial score (nSPS) is 11.0. The summed E-state index contributed by atoms with van der Waals surface area (Å²) in [5, 5.41) is 0. The lowest BCUT2D eigenvalue weighted by Gasteiger charge is -1.98. The number of H-pyrrole nitrogens is 1. The Morgan fingerprint density at radius 2 is 1.87 bits per heavy atom. The summed E-state index contributed by atoms with van der Waals surface area (Å²) in [7, 11) is 3.00. The maximum absolute atomic E-state index is 11.8. The number of fused-ring (bicyclic) bond motifs is 1. The van der Waals surface area contributed by atoms with E-state index in [0.717, 1.165) is 16.8 Å². The third-order valence-electron chi connectivity index (χ3n) is 3.49. The number of hydrogen-bond donors (Lipinski definition) is 1. The number of para-hydroxylation sites is 1. The number of rotatable bonds is 4. The van der Waals surface area contributed by atoms with Crippen LogP contribution < -0.4 is 4.74 Å². The second kappa shape index (κ2) is 6.36. The Labute approximate surface area is 133 Å². The van der Waals surface area contributed by atoms with Gasteiger partial charge in [-0.15, -0.1) is 0 Å². The summed E-state index contributed by atoms with van der Waals surface area (Å²) in [4.78, 5) is 19.4. The van der Waals surface area contributed by atoms with Crippen LogP contribution in [-0.2, 0) is 4.74 Å². The van der Waals surface area contributed by atoms with Gasteiger partial charge in [0.15, 0.2) is 0 Å². The summed E-state index contributed by atoms with van der Waals surface area (Å²) in [6.07, 6.45) is 3.80. The van der Waals surface area contributed by atoms with Gasteiger partial charge in [-0.05, 0) is 35.9 Å². The van der Waals surface area contributed by atoms with Crippen molar-refractivity contribution in [2.24, 2.45) is 0 Å². The maximum atomic E-state index is 11.8. The van der Waals surface area contributed by atoms with E-state index in [1.165, 1.54) is 7.11 Å². The van der Waals surface area contributed by atoms with Crippen LogP contribution in [0.5, 0.6) is 5.75 Å². The van der Waals surface area contributed by atoms with Crippen LogP contribution in [0.2, 0.25) is 0 Å². The lowest BCUT2D eigenvalue weighted by Crippen LogP contribution is -2.01. The van der Waals surface area contributed by atoms with E-state index in [1.54, 1.807) is 19.2 Å². The molecule has 0 unspecified atom stereocenters. The third kappa shape index (κ3) is 3.08. The number of imidazole rings is 1. The van der Waals surface area contributed by atoms with Crippen LogP contribution in [0.25, 0.3) is 23.2 Å². The SMILES string of the molecule is COC(=O)c1cccc2[nH]c(/C=C/c3ccc(OC)cc3)nc12. The van der Waals surface area contributed by atoms with E-state index < -0.39 is 5.97 Å². The zero-order valence-electron chi connectivity index (χ0n) is 12.9. The van der Waals surface area contributed by atoms with Gasteiger partial charge in [-0.2, -0.15) is 0 Å². The molecule has 0 bridgehead atoms. The summed E-state index contributed by atoms with van der Waals surface area (Å²) >= 11 is 0. The minimum absolute atomic E-state index is 0.396. The molecule has 0 aliphatic heterocycles. The fraction of sp³-hybridized carbons (Fsp3) is 0.111. The molecule has 23 heavy (non-hydrogen) atoms. The predicted molar refractivity (Wildman–Crippen MR) is 89.4 cm³/mol. The molecular formula is C18H16N2O3. The van der Waals surface area contributed by atoms with Crippen LogP contribution in [0.3, 0.4) is 0 Å². The van der Waals surface area contributed by atoms with Crippen molar-refractivity contribution in [2.45, 2.75) is 0 Å². The molecule has 3 rings (SSSR count). The number of esters is 1. The molecule has 2 aromatic carbocycles. The smallest absolute Gasteiger partial charge is 0.340 e. The molecule has 1 aromatic heterocycles. The van der Waals surface area contributed by atoms with E-state index in [2.05, 4.69) is 9.97 Å². The van der Waals surface area contributed by atoms with Crippen molar-refractivity contribution in [3.63, 3.8) is 0 Å². The molecule has 0 amide bonds. The minimum atomic E-state index is -0.396. The lowest BCUT2D eigenvalue weighted by atomic mass is 10.2. The Morgan fingerprint density at radius 1 is 1.09 bits per heavy atom. The van der Waals surface area contributed by atoms with Crippen molar-refractivity contribution < 1.29 is 14.3 Å². The Bertz CT molecular complexity index is 864. The van der Waals surface area contributed by atoms with Gasteiger partial charge in [0.25, 0.3) is 0 Å². The van der Waals surface area contributed by atoms with Gasteiger partial charge in [-0.3, -0.25) is 0 Å². The average Bonchev–Trinajstić information content (AvgIpc) is 3.02. The number of nitrogens with zero attached hydrogens (tertiary/aromatic N) is 1. The van der Waals surface area contributed by atoms with Gasteiger partial charge < -0.3 is 14.5 Å². The Kier molecular flexibility index (Phi) is 4.10. The summed E-state index contributed by atoms with van der Waals surface area (Å²) in [6, 6.07) is 13.1. The van der Waals surface area contributed by atoms with Crippen LogP contribution >= 0.6 is 0 Å². The highest BCUT2D eigenvalue weighted by molar-refractivity contribution is 6.02. The first-order chi connectivity index (χ1) is 11.2. The van der Waals surface area contributed by atoms with Gasteiger partial charge in [0.05, 0.1) is 25.3 Å². The standard InChI is InChI=1S/C18H16N2O3/c1-22-13-9-6-12(7-10-13)8-11-16-19-15-5-3-4-14(17(15)20-16)18(21)23-2/h3-11H,1-2H3,(H,19,20)/b11-8+. The molecule has 0 saturated carbocycles. The van der Waals surface area contributed by atoms with Gasteiger partial charge in [0.2, 0.25) is 0 Å². The maximum Gasteiger partial charge on any atom is 0.340 e. The summed E-state index contributed by atoms with van der Waals surface area (Å²) < 4.78 is 9.91. The number of aromatic nitrogens is 2. The van der Waals surface area contributed by atoms with Gasteiger partial charge in [0, 0.05) is 0 Å². The molecule has 1 heterocycles. The van der Waals surface area contributed by atoms with E-state index in [9.17, 15) is 4.79 Å². The van der Waals surface area contributed by atoms with Gasteiger partial charge in [0.1, 0.15) is 17.1 Å². The number of carbonyl (C=O) groups excluding carboxylic acids is 1. The average molecular weight is 308 g/mol. The first-order valence-corrected chi connectivity index (χ1v) is 7.10. The summed E-state index contributed by atoms with van der Waals surface area (Å²) in [5.41, 5.74) is 2.88. The quantitative estimate of drug-likeness (QED) is 0.749. The van der Waals surface area contributed by atoms with Crippen molar-refractivity contribution >= 4 is 29.2 Å². The van der Waals surface area contributed by atoms with Gasteiger partial charge in [-0.1, -0.05) is 24.3 Å². The van der Waals surface area contributed by atoms with Gasteiger partial charge in [-0.25, -0.2) is 9.78 Å². The molecule has 0 spiro atoms. The number of aromatic amines is 1. The van der Waals surface area contributed by atoms with Crippen molar-refractivity contribution in [2.75, 3.05) is 14.2 Å². The number of hydrogen-bond acceptors (Lipinski definition) is 4. The van der Waals surface area contributed by atoms with E-state index in [1.807, 2.05) is 42.5 Å². The molecule has 5 nitrogen and oxygen atoms in total. The molecule has 116 valence electrons. The molecule has 5 heteroatoms. The second-order valence-electron chi connectivity index (χ2n) is 4.92. The summed E-state index contributed by atoms with van der Waals surface area (Å²) in [5.74, 6) is 1.09. The first-order valence-electron chi connectivity index (χ1n) is 7.10. The molecular weight excluding hydrogens is 292 g/mol. The second-order valence-corrected chi connectivity index (χ2v) is 4.92. The van der Waals surface area contributed by atoms with E-state index >= 15 is 0 Å². The largest absolute Gasteiger partial charge is 0.497 e. The van der Waals surface area contributed by atoms with Crippen LogP contribution in [0.1, 0.15) is 21.7 Å². The minimum Gasteiger partial charge on any atom is -0.497 e. The molecule has 3 aromatic rings. The Hall–Kier alpha value is -3.08. The molecule has 0 atom stereocenters. The number of benzene rings is 2. The van der Waals surface area contributed by atoms with Crippen LogP contribution in [0, 0.1) is 0 Å². The van der Waals surface area contributed by atoms with Crippen molar-refractivity contribution in [3.05, 3.63) is 59.4 Å². The van der Waals surface area contributed by atoms with E-state index in [0.29, 0.717) is 16.9 Å². The number of carbonyl (C=O) groups is 1. The highest BCUT2D eigenvalue weighted by atomic mass is 16.5. The Balaban J connectivity index is 1.91. The zero-order valence-corrected chi connectivity index (χ0v) is 12.9. The predicted octanol–water partition coefficient (Wildman–Crippen LogP) is 3.53. The number of methoxy groups -OCH3 is 2. The van der Waals surface area contributed by atoms with Crippen LogP contribution in [0.15, 0.2) is 42.5 Å². The highest BCUT2D eigenvalue weighted by Crippen LogP contribution is 2.19. The van der Waals surface area contributed by atoms with Crippen molar-refractivity contribution in [3.8, 4) is 5.75 Å². The molecule has 0 radical (unpaired) electrons. The molecule has 0 saturated heterocycles. The molecule has 1 N–H and O–H groups in total. The zero-order chi connectivity index (χ0) is 16.2. The molecule has 0 aliphatic carbocycles. The highest BCUT2D eigenvalue weighted by Gasteiger charge is 2.12. The topological polar surface area (TPSA) is 64.2 Å². The van der Waals surface area contributed by atoms with Crippen molar-refractivity contribution in [1.82, 2.24) is 9.97 Å². The van der Waals surface area contributed by atoms with Gasteiger partial charge >= 0.3 is 5.97 Å². The van der Waals surface area contributed by atoms with E-state index in [-0.39, 0.29) is 0 Å². The number of ether oxygens (including phenoxy) is 2. The van der Waals surface area contributed by atoms with E-state index in [4.69, 9.17) is 9.47 Å². The molecule has 0 fully saturated rings. The van der Waals surface area contributed by atoms with Crippen LogP contribution in [0.4, 0.5) is 0 Å². The Morgan fingerprint density at radius 3 is 2.57 bits per heavy atom. The monoisotopic (exact) mass is 308 g/mol. The summed E-state index contributed by atoms with van der Waals surface area (Å²) in [6.45, 7) is 0. The van der Waals surface area contributed by atoms with Crippen molar-refractivity contribution in [1.29, 1.82) is 0 Å². The lowest BCUT2D eigenvalue weighted by molar-refractivity contribution is 0.0603. The fourth-order valence-electron chi connectivity index (χ4n) is 2.30. The first kappa shape index (κ1) is 14.8. The third-order valence-corrected chi connectivity index (χ3v) is 3.49. The molecule has 0 aliphatic rings. The fourth-order valence-corrected chi connectivity index (χ4v) is 2.30. The van der Waals surface area contributed by atoms with Crippen LogP contribution in [-0.4, -0.2) is 30.2 Å². The number of nitrogens with one attached hydrogen (secondary N) is 1.